The van der Waals surface area contributed by atoms with E-state index in [9.17, 15) is 14.7 Å². The minimum absolute atomic E-state index is 0.0972. The summed E-state index contributed by atoms with van der Waals surface area (Å²) in [6.45, 7) is 0. The van der Waals surface area contributed by atoms with E-state index in [2.05, 4.69) is 6.07 Å². The fourth-order valence-corrected chi connectivity index (χ4v) is 2.87. The Hall–Kier alpha value is -1.88. The molecule has 3 N–H and O–H groups in total. The maximum atomic E-state index is 11.1. The molecule has 1 unspecified atom stereocenters. The average Bonchev–Trinajstić information content (AvgIpc) is 2.43. The van der Waals surface area contributed by atoms with Crippen molar-refractivity contribution in [2.24, 2.45) is 11.8 Å². The number of aliphatic carboxylic acids is 2. The molecule has 0 radical (unpaired) electrons. The van der Waals surface area contributed by atoms with E-state index in [0.29, 0.717) is 0 Å². The Morgan fingerprint density at radius 2 is 1.80 bits per heavy atom. The number of aliphatic hydroxyl groups excluding tert-OH is 1. The molecule has 0 aliphatic heterocycles. The van der Waals surface area contributed by atoms with Crippen molar-refractivity contribution >= 4 is 11.9 Å². The predicted molar refractivity (Wildman–Crippen MR) is 71.3 cm³/mol. The van der Waals surface area contributed by atoms with Gasteiger partial charge in [-0.2, -0.15) is 0 Å². The van der Waals surface area contributed by atoms with Crippen LogP contribution in [0.5, 0.6) is 0 Å². The number of hydrogen-bond donors (Lipinski definition) is 3. The quantitative estimate of drug-likeness (QED) is 0.755. The molecule has 1 aliphatic carbocycles. The SMILES string of the molecule is O=C(O)[C@@H](O)[C@@H](CC1CCc2ccccc2C1)C(=O)O. The highest BCUT2D eigenvalue weighted by Gasteiger charge is 2.34. The largest absolute Gasteiger partial charge is 0.481 e. The van der Waals surface area contributed by atoms with Gasteiger partial charge < -0.3 is 15.3 Å². The number of benzene rings is 1. The molecule has 1 aliphatic rings. The van der Waals surface area contributed by atoms with Gasteiger partial charge in [-0.25, -0.2) is 4.79 Å². The lowest BCUT2D eigenvalue weighted by atomic mass is 9.78. The van der Waals surface area contributed by atoms with Crippen LogP contribution in [-0.4, -0.2) is 33.4 Å². The lowest BCUT2D eigenvalue weighted by Crippen LogP contribution is -2.36. The third kappa shape index (κ3) is 3.17. The summed E-state index contributed by atoms with van der Waals surface area (Å²) in [6.07, 6.45) is 0.789. The van der Waals surface area contributed by atoms with Crippen LogP contribution in [-0.2, 0) is 22.4 Å². The van der Waals surface area contributed by atoms with Gasteiger partial charge in [0.2, 0.25) is 0 Å². The molecule has 1 aromatic carbocycles. The first-order valence-corrected chi connectivity index (χ1v) is 6.69. The van der Waals surface area contributed by atoms with Gasteiger partial charge in [0.15, 0.2) is 6.10 Å². The molecule has 3 atom stereocenters. The first kappa shape index (κ1) is 14.5. The summed E-state index contributed by atoms with van der Waals surface area (Å²) in [7, 11) is 0. The molecule has 5 heteroatoms. The van der Waals surface area contributed by atoms with Crippen molar-refractivity contribution in [2.45, 2.75) is 31.8 Å². The van der Waals surface area contributed by atoms with Gasteiger partial charge in [0.25, 0.3) is 0 Å². The van der Waals surface area contributed by atoms with Crippen molar-refractivity contribution in [3.8, 4) is 0 Å². The van der Waals surface area contributed by atoms with Gasteiger partial charge in [-0.15, -0.1) is 0 Å². The van der Waals surface area contributed by atoms with Crippen molar-refractivity contribution in [2.75, 3.05) is 0 Å². The van der Waals surface area contributed by atoms with Crippen LogP contribution in [0.3, 0.4) is 0 Å². The average molecular weight is 278 g/mol. The number of aliphatic hydroxyl groups is 1. The predicted octanol–water partition coefficient (Wildman–Crippen LogP) is 1.33. The summed E-state index contributed by atoms with van der Waals surface area (Å²) in [5.41, 5.74) is 2.46. The minimum atomic E-state index is -1.84. The molecule has 20 heavy (non-hydrogen) atoms. The summed E-state index contributed by atoms with van der Waals surface area (Å²) in [5, 5.41) is 27.4. The van der Waals surface area contributed by atoms with Crippen LogP contribution < -0.4 is 0 Å². The van der Waals surface area contributed by atoms with Crippen molar-refractivity contribution in [3.05, 3.63) is 35.4 Å². The Kier molecular flexibility index (Phi) is 4.39. The molecule has 108 valence electrons. The molecule has 0 fully saturated rings. The van der Waals surface area contributed by atoms with E-state index in [0.717, 1.165) is 19.3 Å². The summed E-state index contributed by atoms with van der Waals surface area (Å²) in [5.74, 6) is -3.88. The van der Waals surface area contributed by atoms with Crippen molar-refractivity contribution < 1.29 is 24.9 Å². The molecule has 0 spiro atoms. The van der Waals surface area contributed by atoms with E-state index >= 15 is 0 Å². The number of rotatable bonds is 5. The molecule has 1 aromatic rings. The van der Waals surface area contributed by atoms with Gasteiger partial charge in [0.05, 0.1) is 5.92 Å². The second-order valence-electron chi connectivity index (χ2n) is 5.34. The molecular formula is C15H18O5. The highest BCUT2D eigenvalue weighted by molar-refractivity contribution is 5.81. The van der Waals surface area contributed by atoms with Gasteiger partial charge in [0, 0.05) is 0 Å². The third-order valence-electron chi connectivity index (χ3n) is 3.99. The van der Waals surface area contributed by atoms with E-state index in [4.69, 9.17) is 10.2 Å². The van der Waals surface area contributed by atoms with E-state index in [-0.39, 0.29) is 12.3 Å². The van der Waals surface area contributed by atoms with Crippen LogP contribution in [0.4, 0.5) is 0 Å². The number of carboxylic acids is 2. The molecule has 0 saturated heterocycles. The number of carboxylic acid groups (broad SMARTS) is 2. The molecule has 5 nitrogen and oxygen atoms in total. The van der Waals surface area contributed by atoms with E-state index in [1.165, 1.54) is 11.1 Å². The van der Waals surface area contributed by atoms with Crippen LogP contribution >= 0.6 is 0 Å². The second-order valence-corrected chi connectivity index (χ2v) is 5.34. The standard InChI is InChI=1S/C15H18O5/c16-13(15(19)20)12(14(17)18)8-9-5-6-10-3-1-2-4-11(10)7-9/h1-4,9,12-13,16H,5-8H2,(H,17,18)(H,19,20)/t9?,12-,13+/m1/s1. The lowest BCUT2D eigenvalue weighted by Gasteiger charge is -2.27. The maximum absolute atomic E-state index is 11.1. The zero-order valence-corrected chi connectivity index (χ0v) is 11.0. The minimum Gasteiger partial charge on any atom is -0.481 e. The monoisotopic (exact) mass is 278 g/mol. The zero-order valence-electron chi connectivity index (χ0n) is 11.0. The van der Waals surface area contributed by atoms with Crippen LogP contribution in [0.15, 0.2) is 24.3 Å². The first-order valence-electron chi connectivity index (χ1n) is 6.69. The van der Waals surface area contributed by atoms with Gasteiger partial charge in [0.1, 0.15) is 0 Å². The lowest BCUT2D eigenvalue weighted by molar-refractivity contribution is -0.160. The normalized spacial score (nSPS) is 20.8. The van der Waals surface area contributed by atoms with Gasteiger partial charge in [-0.1, -0.05) is 24.3 Å². The molecule has 2 rings (SSSR count). The molecule has 0 amide bonds. The summed E-state index contributed by atoms with van der Waals surface area (Å²) in [6, 6.07) is 8.01. The molecule has 0 bridgehead atoms. The van der Waals surface area contributed by atoms with Crippen LogP contribution in [0.25, 0.3) is 0 Å². The highest BCUT2D eigenvalue weighted by atomic mass is 16.4. The van der Waals surface area contributed by atoms with Crippen molar-refractivity contribution in [1.82, 2.24) is 0 Å². The Morgan fingerprint density at radius 3 is 2.40 bits per heavy atom. The number of hydrogen-bond acceptors (Lipinski definition) is 3. The van der Waals surface area contributed by atoms with E-state index in [1.807, 2.05) is 18.2 Å². The summed E-state index contributed by atoms with van der Waals surface area (Å²) in [4.78, 5) is 21.9. The van der Waals surface area contributed by atoms with Crippen LogP contribution in [0, 0.1) is 11.8 Å². The molecular weight excluding hydrogens is 260 g/mol. The topological polar surface area (TPSA) is 94.8 Å². The Morgan fingerprint density at radius 1 is 1.15 bits per heavy atom. The maximum Gasteiger partial charge on any atom is 0.333 e. The van der Waals surface area contributed by atoms with Crippen molar-refractivity contribution in [3.63, 3.8) is 0 Å². The number of carbonyl (C=O) groups is 2. The van der Waals surface area contributed by atoms with E-state index in [1.54, 1.807) is 0 Å². The Labute approximate surface area is 116 Å². The van der Waals surface area contributed by atoms with E-state index < -0.39 is 24.0 Å². The molecule has 0 heterocycles. The smallest absolute Gasteiger partial charge is 0.333 e. The van der Waals surface area contributed by atoms with Gasteiger partial charge in [-0.05, 0) is 42.7 Å². The Bertz CT molecular complexity index is 511. The first-order chi connectivity index (χ1) is 9.49. The fourth-order valence-electron chi connectivity index (χ4n) is 2.87. The van der Waals surface area contributed by atoms with Gasteiger partial charge in [-0.3, -0.25) is 4.79 Å². The fraction of sp³-hybridized carbons (Fsp3) is 0.467. The molecule has 0 saturated carbocycles. The molecule has 0 aromatic heterocycles. The van der Waals surface area contributed by atoms with Crippen LogP contribution in [0.1, 0.15) is 24.0 Å². The van der Waals surface area contributed by atoms with Gasteiger partial charge >= 0.3 is 11.9 Å². The summed E-state index contributed by atoms with van der Waals surface area (Å²) < 4.78 is 0. The second kappa shape index (κ2) is 6.05. The summed E-state index contributed by atoms with van der Waals surface area (Å²) >= 11 is 0. The third-order valence-corrected chi connectivity index (χ3v) is 3.99. The number of aryl methyl sites for hydroxylation is 1. The number of fused-ring (bicyclic) bond motifs is 1. The van der Waals surface area contributed by atoms with Crippen molar-refractivity contribution in [1.29, 1.82) is 0 Å². The zero-order chi connectivity index (χ0) is 14.7. The van der Waals surface area contributed by atoms with Crippen LogP contribution in [0.2, 0.25) is 0 Å². The highest BCUT2D eigenvalue weighted by Crippen LogP contribution is 2.30. The Balaban J connectivity index is 2.06.